The van der Waals surface area contributed by atoms with Crippen LogP contribution >= 0.6 is 0 Å². The highest BCUT2D eigenvalue weighted by Crippen LogP contribution is 2.46. The lowest BCUT2D eigenvalue weighted by Crippen LogP contribution is -2.38. The Morgan fingerprint density at radius 2 is 1.69 bits per heavy atom. The molecule has 0 saturated carbocycles. The third-order valence-corrected chi connectivity index (χ3v) is 6.09. The Kier molecular flexibility index (Phi) is 6.49. The molecule has 0 spiro atoms. The van der Waals surface area contributed by atoms with Gasteiger partial charge in [-0.25, -0.2) is 0 Å². The van der Waals surface area contributed by atoms with Gasteiger partial charge in [-0.1, -0.05) is 24.3 Å². The zero-order chi connectivity index (χ0) is 22.7. The van der Waals surface area contributed by atoms with Crippen LogP contribution in [0.3, 0.4) is 0 Å². The maximum absolute atomic E-state index is 13.4. The molecular weight excluding hydrogens is 406 g/mol. The second-order valence-corrected chi connectivity index (χ2v) is 8.04. The fourth-order valence-electron chi connectivity index (χ4n) is 4.73. The summed E-state index contributed by atoms with van der Waals surface area (Å²) in [4.78, 5) is 26.0. The Balaban J connectivity index is 1.69. The Hall–Kier alpha value is -3.28. The molecule has 0 aromatic heterocycles. The highest BCUT2D eigenvalue weighted by molar-refractivity contribution is 6.02. The molecule has 6 nitrogen and oxygen atoms in total. The van der Waals surface area contributed by atoms with Crippen LogP contribution in [0, 0.1) is 0 Å². The summed E-state index contributed by atoms with van der Waals surface area (Å²) >= 11 is 0. The zero-order valence-electron chi connectivity index (χ0n) is 18.8. The maximum Gasteiger partial charge on any atom is 0.225 e. The molecule has 2 aliphatic rings. The molecule has 1 aliphatic carbocycles. The number of benzene rings is 2. The fourth-order valence-corrected chi connectivity index (χ4v) is 4.73. The Morgan fingerprint density at radius 3 is 2.38 bits per heavy atom. The molecule has 1 amide bonds. The highest BCUT2D eigenvalue weighted by atomic mass is 16.5. The van der Waals surface area contributed by atoms with E-state index >= 15 is 0 Å². The van der Waals surface area contributed by atoms with Crippen molar-refractivity contribution in [3.8, 4) is 17.2 Å². The minimum absolute atomic E-state index is 0.0210. The molecule has 0 saturated heterocycles. The van der Waals surface area contributed by atoms with E-state index in [2.05, 4.69) is 5.32 Å². The highest BCUT2D eigenvalue weighted by Gasteiger charge is 2.39. The smallest absolute Gasteiger partial charge is 0.225 e. The number of amides is 1. The first-order valence-corrected chi connectivity index (χ1v) is 11.1. The van der Waals surface area contributed by atoms with Crippen molar-refractivity contribution in [1.82, 2.24) is 5.32 Å². The van der Waals surface area contributed by atoms with E-state index in [-0.39, 0.29) is 29.9 Å². The van der Waals surface area contributed by atoms with Gasteiger partial charge in [-0.15, -0.1) is 0 Å². The Bertz CT molecular complexity index is 1040. The first-order valence-electron chi connectivity index (χ1n) is 11.1. The number of hydrogen-bond donors (Lipinski definition) is 1. The lowest BCUT2D eigenvalue weighted by molar-refractivity contribution is -0.122. The molecule has 0 radical (unpaired) electrons. The number of nitrogens with one attached hydrogen (secondary N) is 1. The monoisotopic (exact) mass is 435 g/mol. The standard InChI is InChI=1S/C26H29NO5/c1-4-31-18-11-9-16(10-12-18)17-13-21-25(22(28)14-17)20(15-24(29)27-21)19-7-6-8-23(30-3)26(19)32-5-2/h6-12,17,20H,4-5,13-15H2,1-3H3,(H,27,29). The summed E-state index contributed by atoms with van der Waals surface area (Å²) in [6, 6.07) is 13.5. The van der Waals surface area contributed by atoms with Gasteiger partial charge in [-0.3, -0.25) is 9.59 Å². The largest absolute Gasteiger partial charge is 0.494 e. The first-order chi connectivity index (χ1) is 15.5. The summed E-state index contributed by atoms with van der Waals surface area (Å²) in [7, 11) is 1.59. The van der Waals surface area contributed by atoms with Crippen LogP contribution in [-0.4, -0.2) is 32.0 Å². The number of carbonyl (C=O) groups excluding carboxylic acids is 2. The SMILES string of the molecule is CCOc1ccc(C2CC(=O)C3=C(C2)NC(=O)CC3c2cccc(OC)c2OCC)cc1. The van der Waals surface area contributed by atoms with Crippen molar-refractivity contribution in [2.45, 2.75) is 44.9 Å². The van der Waals surface area contributed by atoms with E-state index in [1.807, 2.05) is 56.3 Å². The molecule has 0 fully saturated rings. The summed E-state index contributed by atoms with van der Waals surface area (Å²) in [6.07, 6.45) is 1.24. The van der Waals surface area contributed by atoms with Gasteiger partial charge in [0.25, 0.3) is 0 Å². The summed E-state index contributed by atoms with van der Waals surface area (Å²) < 4.78 is 16.9. The van der Waals surface area contributed by atoms with Gasteiger partial charge in [0.05, 0.1) is 20.3 Å². The van der Waals surface area contributed by atoms with Crippen molar-refractivity contribution in [3.05, 3.63) is 64.9 Å². The lowest BCUT2D eigenvalue weighted by atomic mass is 9.73. The fraction of sp³-hybridized carbons (Fsp3) is 0.385. The number of ether oxygens (including phenoxy) is 3. The number of rotatable bonds is 7. The lowest BCUT2D eigenvalue weighted by Gasteiger charge is -2.35. The van der Waals surface area contributed by atoms with Crippen molar-refractivity contribution >= 4 is 11.7 Å². The first kappa shape index (κ1) is 21.9. The van der Waals surface area contributed by atoms with Gasteiger partial charge >= 0.3 is 0 Å². The van der Waals surface area contributed by atoms with Gasteiger partial charge in [-0.2, -0.15) is 0 Å². The number of para-hydroxylation sites is 1. The van der Waals surface area contributed by atoms with Crippen LogP contribution < -0.4 is 19.5 Å². The topological polar surface area (TPSA) is 73.9 Å². The van der Waals surface area contributed by atoms with Crippen molar-refractivity contribution in [2.75, 3.05) is 20.3 Å². The van der Waals surface area contributed by atoms with Gasteiger partial charge in [0.2, 0.25) is 5.91 Å². The van der Waals surface area contributed by atoms with Gasteiger partial charge in [0, 0.05) is 35.6 Å². The molecule has 1 aliphatic heterocycles. The van der Waals surface area contributed by atoms with Crippen LogP contribution in [0.5, 0.6) is 17.2 Å². The average Bonchev–Trinajstić information content (AvgIpc) is 2.79. The molecule has 1 N–H and O–H groups in total. The molecular formula is C26H29NO5. The van der Waals surface area contributed by atoms with Crippen LogP contribution in [0.2, 0.25) is 0 Å². The van der Waals surface area contributed by atoms with Crippen molar-refractivity contribution in [1.29, 1.82) is 0 Å². The van der Waals surface area contributed by atoms with E-state index in [9.17, 15) is 9.59 Å². The predicted molar refractivity (Wildman–Crippen MR) is 121 cm³/mol. The number of ketones is 1. The molecule has 168 valence electrons. The molecule has 32 heavy (non-hydrogen) atoms. The van der Waals surface area contributed by atoms with Gasteiger partial charge in [0.15, 0.2) is 17.3 Å². The molecule has 2 aromatic carbocycles. The molecule has 4 rings (SSSR count). The number of allylic oxidation sites excluding steroid dienone is 2. The van der Waals surface area contributed by atoms with Crippen molar-refractivity contribution in [2.24, 2.45) is 0 Å². The van der Waals surface area contributed by atoms with E-state index in [0.29, 0.717) is 43.1 Å². The third-order valence-electron chi connectivity index (χ3n) is 6.09. The Labute approximate surface area is 188 Å². The normalized spacial score (nSPS) is 20.5. The van der Waals surface area contributed by atoms with E-state index < -0.39 is 0 Å². The predicted octanol–water partition coefficient (Wildman–Crippen LogP) is 4.50. The number of hydrogen-bond acceptors (Lipinski definition) is 5. The van der Waals surface area contributed by atoms with Gasteiger partial charge in [-0.05, 0) is 49.9 Å². The molecule has 2 atom stereocenters. The van der Waals surface area contributed by atoms with Crippen LogP contribution in [0.25, 0.3) is 0 Å². The van der Waals surface area contributed by atoms with E-state index in [1.165, 1.54) is 0 Å². The van der Waals surface area contributed by atoms with E-state index in [0.717, 1.165) is 22.6 Å². The quantitative estimate of drug-likeness (QED) is 0.693. The number of methoxy groups -OCH3 is 1. The summed E-state index contributed by atoms with van der Waals surface area (Å²) in [5, 5.41) is 2.98. The number of carbonyl (C=O) groups is 2. The summed E-state index contributed by atoms with van der Waals surface area (Å²) in [5.41, 5.74) is 3.31. The molecule has 0 bridgehead atoms. The second kappa shape index (κ2) is 9.47. The Morgan fingerprint density at radius 1 is 0.938 bits per heavy atom. The zero-order valence-corrected chi connectivity index (χ0v) is 18.8. The molecule has 6 heteroatoms. The minimum Gasteiger partial charge on any atom is -0.494 e. The molecule has 2 unspecified atom stereocenters. The van der Waals surface area contributed by atoms with Crippen LogP contribution in [0.15, 0.2) is 53.7 Å². The van der Waals surface area contributed by atoms with E-state index in [1.54, 1.807) is 7.11 Å². The summed E-state index contributed by atoms with van der Waals surface area (Å²) in [5.74, 6) is 1.68. The van der Waals surface area contributed by atoms with Crippen molar-refractivity contribution < 1.29 is 23.8 Å². The summed E-state index contributed by atoms with van der Waals surface area (Å²) in [6.45, 7) is 4.93. The van der Waals surface area contributed by atoms with Crippen LogP contribution in [0.1, 0.15) is 56.1 Å². The number of Topliss-reactive ketones (excluding diaryl/α,β-unsaturated/α-hetero) is 1. The second-order valence-electron chi connectivity index (χ2n) is 8.04. The van der Waals surface area contributed by atoms with Gasteiger partial charge in [0.1, 0.15) is 5.75 Å². The minimum atomic E-state index is -0.343. The van der Waals surface area contributed by atoms with E-state index in [4.69, 9.17) is 14.2 Å². The average molecular weight is 436 g/mol. The van der Waals surface area contributed by atoms with Crippen molar-refractivity contribution in [3.63, 3.8) is 0 Å². The van der Waals surface area contributed by atoms with Crippen LogP contribution in [-0.2, 0) is 9.59 Å². The molecule has 1 heterocycles. The molecule has 2 aromatic rings. The van der Waals surface area contributed by atoms with Gasteiger partial charge < -0.3 is 19.5 Å². The van der Waals surface area contributed by atoms with Crippen LogP contribution in [0.4, 0.5) is 0 Å². The third kappa shape index (κ3) is 4.22. The maximum atomic E-state index is 13.4.